The molecular weight excluding hydrogens is 376 g/mol. The van der Waals surface area contributed by atoms with E-state index in [1.165, 1.54) is 25.7 Å². The molecule has 0 spiro atoms. The molecule has 0 aliphatic heterocycles. The molecule has 0 heterocycles. The molecular formula is C26H40O4. The molecule has 1 aromatic rings. The summed E-state index contributed by atoms with van der Waals surface area (Å²) in [6.07, 6.45) is 13.9. The Labute approximate surface area is 183 Å². The van der Waals surface area contributed by atoms with Gasteiger partial charge in [0.15, 0.2) is 11.5 Å². The van der Waals surface area contributed by atoms with Gasteiger partial charge in [0.25, 0.3) is 0 Å². The largest absolute Gasteiger partial charge is 0.422 e. The quantitative estimate of drug-likeness (QED) is 0.123. The van der Waals surface area contributed by atoms with E-state index in [4.69, 9.17) is 9.47 Å². The molecule has 4 heteroatoms. The van der Waals surface area contributed by atoms with Gasteiger partial charge in [0, 0.05) is 12.8 Å². The number of carbonyl (C=O) groups excluding carboxylic acids is 2. The fourth-order valence-corrected chi connectivity index (χ4v) is 3.39. The van der Waals surface area contributed by atoms with Crippen molar-refractivity contribution in [3.63, 3.8) is 0 Å². The molecule has 0 N–H and O–H groups in total. The molecule has 0 unspecified atom stereocenters. The summed E-state index contributed by atoms with van der Waals surface area (Å²) >= 11 is 0. The Hall–Kier alpha value is -2.10. The maximum absolute atomic E-state index is 12.4. The lowest BCUT2D eigenvalue weighted by atomic mass is 10.1. The molecule has 168 valence electrons. The third-order valence-electron chi connectivity index (χ3n) is 5.09. The minimum absolute atomic E-state index is 0.275. The molecule has 0 fully saturated rings. The van der Waals surface area contributed by atoms with Crippen molar-refractivity contribution in [1.82, 2.24) is 0 Å². The lowest BCUT2D eigenvalue weighted by Gasteiger charge is -2.15. The zero-order valence-corrected chi connectivity index (χ0v) is 19.3. The molecule has 30 heavy (non-hydrogen) atoms. The van der Waals surface area contributed by atoms with Crippen molar-refractivity contribution < 1.29 is 19.1 Å². The van der Waals surface area contributed by atoms with E-state index in [0.29, 0.717) is 30.8 Å². The predicted molar refractivity (Wildman–Crippen MR) is 123 cm³/mol. The van der Waals surface area contributed by atoms with Crippen molar-refractivity contribution in [3.05, 3.63) is 35.9 Å². The molecule has 0 radical (unpaired) electrons. The van der Waals surface area contributed by atoms with Gasteiger partial charge in [0.2, 0.25) is 0 Å². The topological polar surface area (TPSA) is 52.6 Å². The molecule has 0 saturated carbocycles. The number of ether oxygens (including phenoxy) is 2. The summed E-state index contributed by atoms with van der Waals surface area (Å²) in [6, 6.07) is 3.74. The van der Waals surface area contributed by atoms with Crippen LogP contribution in [-0.4, -0.2) is 11.9 Å². The summed E-state index contributed by atoms with van der Waals surface area (Å²) < 4.78 is 11.3. The van der Waals surface area contributed by atoms with E-state index in [1.807, 2.05) is 13.0 Å². The first-order valence-corrected chi connectivity index (χ1v) is 11.7. The standard InChI is InChI=1S/C26H40O4/c1-5-8-10-12-14-17-24(27)29-23-20-22(16-7-3)19-21(4)26(23)30-25(28)18-15-13-11-9-6-2/h7,19-20H,3,5-6,8-18H2,1-2,4H3. The van der Waals surface area contributed by atoms with Gasteiger partial charge in [-0.25, -0.2) is 0 Å². The molecule has 0 bridgehead atoms. The molecule has 0 saturated heterocycles. The fourth-order valence-electron chi connectivity index (χ4n) is 3.39. The number of rotatable bonds is 16. The summed E-state index contributed by atoms with van der Waals surface area (Å²) in [5.74, 6) is 0.145. The minimum Gasteiger partial charge on any atom is -0.422 e. The maximum Gasteiger partial charge on any atom is 0.311 e. The van der Waals surface area contributed by atoms with Crippen LogP contribution in [0.2, 0.25) is 0 Å². The molecule has 0 amide bonds. The van der Waals surface area contributed by atoms with Gasteiger partial charge < -0.3 is 9.47 Å². The van der Waals surface area contributed by atoms with Crippen molar-refractivity contribution in [2.24, 2.45) is 0 Å². The van der Waals surface area contributed by atoms with Crippen molar-refractivity contribution in [2.75, 3.05) is 0 Å². The Morgan fingerprint density at radius 3 is 1.90 bits per heavy atom. The van der Waals surface area contributed by atoms with E-state index in [2.05, 4.69) is 20.4 Å². The Morgan fingerprint density at radius 1 is 0.833 bits per heavy atom. The molecule has 4 nitrogen and oxygen atoms in total. The average Bonchev–Trinajstić information content (AvgIpc) is 2.70. The van der Waals surface area contributed by atoms with Crippen LogP contribution in [0.5, 0.6) is 11.5 Å². The SMILES string of the molecule is C=CCc1cc(C)c(OC(=O)CCCCCCC)c(OC(=O)CCCCCCC)c1. The van der Waals surface area contributed by atoms with Gasteiger partial charge in [-0.05, 0) is 43.4 Å². The highest BCUT2D eigenvalue weighted by molar-refractivity contribution is 5.77. The Morgan fingerprint density at radius 2 is 1.37 bits per heavy atom. The monoisotopic (exact) mass is 416 g/mol. The highest BCUT2D eigenvalue weighted by Gasteiger charge is 2.17. The lowest BCUT2D eigenvalue weighted by molar-refractivity contribution is -0.137. The van der Waals surface area contributed by atoms with Crippen LogP contribution in [0, 0.1) is 6.92 Å². The van der Waals surface area contributed by atoms with E-state index >= 15 is 0 Å². The highest BCUT2D eigenvalue weighted by Crippen LogP contribution is 2.34. The van der Waals surface area contributed by atoms with E-state index in [0.717, 1.165) is 49.7 Å². The number of hydrogen-bond acceptors (Lipinski definition) is 4. The van der Waals surface area contributed by atoms with Crippen LogP contribution in [0.15, 0.2) is 24.8 Å². The second-order valence-electron chi connectivity index (χ2n) is 8.01. The predicted octanol–water partition coefficient (Wildman–Crippen LogP) is 7.26. The summed E-state index contributed by atoms with van der Waals surface area (Å²) in [5.41, 5.74) is 1.77. The van der Waals surface area contributed by atoms with Gasteiger partial charge in [-0.15, -0.1) is 6.58 Å². The van der Waals surface area contributed by atoms with E-state index < -0.39 is 0 Å². The lowest BCUT2D eigenvalue weighted by Crippen LogP contribution is -2.13. The van der Waals surface area contributed by atoms with Crippen LogP contribution < -0.4 is 9.47 Å². The highest BCUT2D eigenvalue weighted by atomic mass is 16.6. The van der Waals surface area contributed by atoms with Gasteiger partial charge in [-0.3, -0.25) is 9.59 Å². The molecule has 0 aliphatic carbocycles. The van der Waals surface area contributed by atoms with E-state index in [1.54, 1.807) is 12.1 Å². The van der Waals surface area contributed by atoms with Crippen LogP contribution in [0.1, 0.15) is 102 Å². The van der Waals surface area contributed by atoms with Crippen LogP contribution in [0.25, 0.3) is 0 Å². The second kappa shape index (κ2) is 15.7. The van der Waals surface area contributed by atoms with Crippen LogP contribution >= 0.6 is 0 Å². The molecule has 1 aromatic carbocycles. The number of aryl methyl sites for hydroxylation is 1. The number of benzene rings is 1. The molecule has 0 aliphatic rings. The van der Waals surface area contributed by atoms with Gasteiger partial charge in [0.1, 0.15) is 0 Å². The summed E-state index contributed by atoms with van der Waals surface area (Å²) in [6.45, 7) is 9.98. The van der Waals surface area contributed by atoms with Gasteiger partial charge in [-0.1, -0.05) is 77.4 Å². The van der Waals surface area contributed by atoms with Crippen LogP contribution in [-0.2, 0) is 16.0 Å². The number of carbonyl (C=O) groups is 2. The molecule has 0 atom stereocenters. The summed E-state index contributed by atoms with van der Waals surface area (Å²) in [4.78, 5) is 24.7. The summed E-state index contributed by atoms with van der Waals surface area (Å²) in [7, 11) is 0. The molecule has 0 aromatic heterocycles. The van der Waals surface area contributed by atoms with Crippen molar-refractivity contribution in [3.8, 4) is 11.5 Å². The first-order valence-electron chi connectivity index (χ1n) is 11.7. The normalized spacial score (nSPS) is 10.6. The first-order chi connectivity index (χ1) is 14.5. The number of esters is 2. The Balaban J connectivity index is 2.75. The number of unbranched alkanes of at least 4 members (excludes halogenated alkanes) is 8. The van der Waals surface area contributed by atoms with Gasteiger partial charge in [-0.2, -0.15) is 0 Å². The van der Waals surface area contributed by atoms with Crippen molar-refractivity contribution >= 4 is 11.9 Å². The number of allylic oxidation sites excluding steroid dienone is 1. The van der Waals surface area contributed by atoms with E-state index in [-0.39, 0.29) is 11.9 Å². The van der Waals surface area contributed by atoms with Gasteiger partial charge >= 0.3 is 11.9 Å². The zero-order valence-electron chi connectivity index (χ0n) is 19.3. The van der Waals surface area contributed by atoms with E-state index in [9.17, 15) is 9.59 Å². The van der Waals surface area contributed by atoms with Crippen LogP contribution in [0.3, 0.4) is 0 Å². The Bertz CT molecular complexity index is 663. The van der Waals surface area contributed by atoms with Crippen molar-refractivity contribution in [2.45, 2.75) is 104 Å². The maximum atomic E-state index is 12.4. The number of hydrogen-bond donors (Lipinski definition) is 0. The average molecular weight is 417 g/mol. The minimum atomic E-state index is -0.279. The van der Waals surface area contributed by atoms with Crippen LogP contribution in [0.4, 0.5) is 0 Å². The van der Waals surface area contributed by atoms with Crippen molar-refractivity contribution in [1.29, 1.82) is 0 Å². The second-order valence-corrected chi connectivity index (χ2v) is 8.01. The summed E-state index contributed by atoms with van der Waals surface area (Å²) in [5, 5.41) is 0. The fraction of sp³-hybridized carbons (Fsp3) is 0.615. The first kappa shape index (κ1) is 25.9. The third-order valence-corrected chi connectivity index (χ3v) is 5.09. The Kier molecular flexibility index (Phi) is 13.6. The smallest absolute Gasteiger partial charge is 0.311 e. The molecule has 1 rings (SSSR count). The van der Waals surface area contributed by atoms with Gasteiger partial charge in [0.05, 0.1) is 0 Å². The zero-order chi connectivity index (χ0) is 22.2. The third kappa shape index (κ3) is 10.6.